The van der Waals surface area contributed by atoms with Crippen molar-refractivity contribution in [2.24, 2.45) is 0 Å². The predicted octanol–water partition coefficient (Wildman–Crippen LogP) is 2.63. The van der Waals surface area contributed by atoms with Crippen LogP contribution in [-0.4, -0.2) is 75.5 Å². The molecule has 1 heterocycles. The van der Waals surface area contributed by atoms with Gasteiger partial charge in [-0.3, -0.25) is 4.79 Å². The Bertz CT molecular complexity index is 1110. The van der Waals surface area contributed by atoms with E-state index in [4.69, 9.17) is 4.74 Å². The summed E-state index contributed by atoms with van der Waals surface area (Å²) in [5.41, 5.74) is 0.843. The van der Waals surface area contributed by atoms with Crippen molar-refractivity contribution in [3.8, 4) is 5.75 Å². The molecule has 1 fully saturated rings. The molecule has 3 rings (SSSR count). The van der Waals surface area contributed by atoms with Gasteiger partial charge in [0.2, 0.25) is 15.9 Å². The van der Waals surface area contributed by atoms with Gasteiger partial charge in [0, 0.05) is 32.2 Å². The molecule has 1 saturated heterocycles. The zero-order valence-electron chi connectivity index (χ0n) is 21.1. The van der Waals surface area contributed by atoms with E-state index in [9.17, 15) is 18.0 Å². The van der Waals surface area contributed by atoms with Crippen molar-refractivity contribution in [3.63, 3.8) is 0 Å². The van der Waals surface area contributed by atoms with Crippen LogP contribution in [0.3, 0.4) is 0 Å². The van der Waals surface area contributed by atoms with Crippen LogP contribution in [0.5, 0.6) is 5.75 Å². The lowest BCUT2D eigenvalue weighted by Gasteiger charge is -2.41. The topological polar surface area (TPSA) is 108 Å². The van der Waals surface area contributed by atoms with Crippen LogP contribution in [0.4, 0.5) is 4.79 Å². The number of hydrogen-bond acceptors (Lipinski definition) is 5. The third kappa shape index (κ3) is 7.20. The first-order valence-electron chi connectivity index (χ1n) is 12.3. The first kappa shape index (κ1) is 27.5. The second-order valence-corrected chi connectivity index (χ2v) is 10.7. The molecule has 10 heteroatoms. The summed E-state index contributed by atoms with van der Waals surface area (Å²) in [5, 5.41) is 2.92. The van der Waals surface area contributed by atoms with E-state index in [1.54, 1.807) is 21.9 Å². The number of methoxy groups -OCH3 is 1. The second kappa shape index (κ2) is 12.7. The van der Waals surface area contributed by atoms with Gasteiger partial charge in [0.1, 0.15) is 11.8 Å². The summed E-state index contributed by atoms with van der Waals surface area (Å²) in [7, 11) is -2.46. The van der Waals surface area contributed by atoms with Gasteiger partial charge in [-0.05, 0) is 49.6 Å². The van der Waals surface area contributed by atoms with Crippen molar-refractivity contribution in [2.45, 2.75) is 50.1 Å². The number of nitrogens with zero attached hydrogens (tertiary/aromatic N) is 2. The number of carbonyl (C=O) groups is 2. The van der Waals surface area contributed by atoms with E-state index in [2.05, 4.69) is 17.0 Å². The molecule has 0 bridgehead atoms. The van der Waals surface area contributed by atoms with Crippen LogP contribution in [0.25, 0.3) is 0 Å². The first-order chi connectivity index (χ1) is 17.2. The Morgan fingerprint density at radius 1 is 1.08 bits per heavy atom. The molecule has 0 aliphatic carbocycles. The number of piperazine rings is 1. The maximum Gasteiger partial charge on any atom is 0.317 e. The van der Waals surface area contributed by atoms with E-state index in [0.29, 0.717) is 31.9 Å². The molecule has 1 aliphatic heterocycles. The van der Waals surface area contributed by atoms with Crippen molar-refractivity contribution in [3.05, 3.63) is 60.2 Å². The molecule has 1 aliphatic rings. The van der Waals surface area contributed by atoms with Crippen LogP contribution in [0.1, 0.15) is 32.3 Å². The van der Waals surface area contributed by atoms with Crippen LogP contribution in [-0.2, 0) is 21.2 Å². The molecule has 0 spiro atoms. The highest BCUT2D eigenvalue weighted by molar-refractivity contribution is 7.89. The third-order valence-corrected chi connectivity index (χ3v) is 7.74. The highest BCUT2D eigenvalue weighted by atomic mass is 32.2. The number of nitrogens with one attached hydrogen (secondary N) is 2. The number of ether oxygens (including phenoxy) is 1. The molecule has 0 aromatic heterocycles. The average Bonchev–Trinajstić information content (AvgIpc) is 2.88. The van der Waals surface area contributed by atoms with Gasteiger partial charge < -0.3 is 19.9 Å². The van der Waals surface area contributed by atoms with Gasteiger partial charge in [0.25, 0.3) is 0 Å². The van der Waals surface area contributed by atoms with Gasteiger partial charge in [0.15, 0.2) is 0 Å². The molecule has 2 N–H and O–H groups in total. The summed E-state index contributed by atoms with van der Waals surface area (Å²) in [4.78, 5) is 29.6. The van der Waals surface area contributed by atoms with Crippen molar-refractivity contribution >= 4 is 22.0 Å². The fraction of sp³-hybridized carbons (Fsp3) is 0.462. The largest absolute Gasteiger partial charge is 0.497 e. The van der Waals surface area contributed by atoms with Crippen LogP contribution in [0.2, 0.25) is 0 Å². The fourth-order valence-electron chi connectivity index (χ4n) is 4.19. The van der Waals surface area contributed by atoms with E-state index < -0.39 is 16.1 Å². The number of carbonyl (C=O) groups excluding carboxylic acids is 2. The Hall–Kier alpha value is -3.11. The van der Waals surface area contributed by atoms with Crippen LogP contribution in [0.15, 0.2) is 59.5 Å². The number of sulfonamides is 1. The van der Waals surface area contributed by atoms with Crippen molar-refractivity contribution in [1.29, 1.82) is 0 Å². The molecule has 196 valence electrons. The standard InChI is InChI=1S/C26H36N4O5S/c1-4-5-15-27-26(32)30-17-16-29(19-20(30)2)25(31)24(18-21-9-7-6-8-10-21)28-36(33,34)23-13-11-22(35-3)12-14-23/h6-14,20,24,28H,4-5,15-19H2,1-3H3,(H,27,32). The molecule has 2 unspecified atom stereocenters. The number of urea groups is 1. The van der Waals surface area contributed by atoms with Gasteiger partial charge in [0.05, 0.1) is 12.0 Å². The first-order valence-corrected chi connectivity index (χ1v) is 13.8. The highest BCUT2D eigenvalue weighted by Gasteiger charge is 2.34. The van der Waals surface area contributed by atoms with Crippen molar-refractivity contribution in [1.82, 2.24) is 19.8 Å². The minimum atomic E-state index is -3.97. The smallest absolute Gasteiger partial charge is 0.317 e. The molecule has 0 saturated carbocycles. The molecule has 3 amide bonds. The number of hydrogen-bond donors (Lipinski definition) is 2. The molecule has 2 aromatic carbocycles. The summed E-state index contributed by atoms with van der Waals surface area (Å²) in [6.45, 7) is 5.62. The van der Waals surface area contributed by atoms with Gasteiger partial charge >= 0.3 is 6.03 Å². The van der Waals surface area contributed by atoms with E-state index in [-0.39, 0.29) is 29.3 Å². The Morgan fingerprint density at radius 3 is 2.39 bits per heavy atom. The highest BCUT2D eigenvalue weighted by Crippen LogP contribution is 2.18. The lowest BCUT2D eigenvalue weighted by Crippen LogP contribution is -2.60. The second-order valence-electron chi connectivity index (χ2n) is 8.95. The molecular weight excluding hydrogens is 480 g/mol. The summed E-state index contributed by atoms with van der Waals surface area (Å²) in [6, 6.07) is 14.0. The Morgan fingerprint density at radius 2 is 1.78 bits per heavy atom. The zero-order chi connectivity index (χ0) is 26.1. The SMILES string of the molecule is CCCCNC(=O)N1CCN(C(=O)C(Cc2ccccc2)NS(=O)(=O)c2ccc(OC)cc2)CC1C. The molecule has 36 heavy (non-hydrogen) atoms. The van der Waals surface area contributed by atoms with Crippen LogP contribution < -0.4 is 14.8 Å². The number of benzene rings is 2. The van der Waals surface area contributed by atoms with E-state index >= 15 is 0 Å². The third-order valence-electron chi connectivity index (χ3n) is 6.25. The molecular formula is C26H36N4O5S. The monoisotopic (exact) mass is 516 g/mol. The van der Waals surface area contributed by atoms with E-state index in [0.717, 1.165) is 18.4 Å². The summed E-state index contributed by atoms with van der Waals surface area (Å²) >= 11 is 0. The summed E-state index contributed by atoms with van der Waals surface area (Å²) in [5.74, 6) is 0.227. The van der Waals surface area contributed by atoms with Crippen molar-refractivity contribution < 1.29 is 22.7 Å². The summed E-state index contributed by atoms with van der Waals surface area (Å²) in [6.07, 6.45) is 2.11. The normalized spacial score (nSPS) is 16.9. The Balaban J connectivity index is 1.75. The number of amides is 3. The van der Waals surface area contributed by atoms with Crippen LogP contribution in [0, 0.1) is 0 Å². The van der Waals surface area contributed by atoms with Gasteiger partial charge in [-0.25, -0.2) is 13.2 Å². The lowest BCUT2D eigenvalue weighted by atomic mass is 10.0. The quantitative estimate of drug-likeness (QED) is 0.472. The minimum Gasteiger partial charge on any atom is -0.497 e. The zero-order valence-corrected chi connectivity index (χ0v) is 22.0. The molecule has 9 nitrogen and oxygen atoms in total. The maximum absolute atomic E-state index is 13.6. The van der Waals surface area contributed by atoms with Crippen molar-refractivity contribution in [2.75, 3.05) is 33.3 Å². The van der Waals surface area contributed by atoms with E-state index in [1.807, 2.05) is 37.3 Å². The van der Waals surface area contributed by atoms with Gasteiger partial charge in [-0.2, -0.15) is 4.72 Å². The fourth-order valence-corrected chi connectivity index (χ4v) is 5.38. The molecule has 2 aromatic rings. The average molecular weight is 517 g/mol. The maximum atomic E-state index is 13.6. The van der Waals surface area contributed by atoms with Gasteiger partial charge in [-0.1, -0.05) is 43.7 Å². The minimum absolute atomic E-state index is 0.0519. The van der Waals surface area contributed by atoms with Crippen LogP contribution >= 0.6 is 0 Å². The lowest BCUT2D eigenvalue weighted by molar-refractivity contribution is -0.135. The molecule has 0 radical (unpaired) electrons. The Labute approximate surface area is 213 Å². The predicted molar refractivity (Wildman–Crippen MR) is 138 cm³/mol. The number of unbranched alkanes of at least 4 members (excludes halogenated alkanes) is 1. The Kier molecular flexibility index (Phi) is 9.72. The molecule has 2 atom stereocenters. The number of rotatable bonds is 10. The summed E-state index contributed by atoms with van der Waals surface area (Å²) < 4.78 is 34.1. The van der Waals surface area contributed by atoms with E-state index in [1.165, 1.54) is 19.2 Å². The van der Waals surface area contributed by atoms with Gasteiger partial charge in [-0.15, -0.1) is 0 Å².